The van der Waals surface area contributed by atoms with Crippen molar-refractivity contribution in [1.29, 1.82) is 0 Å². The molecule has 20 heteroatoms. The molecule has 0 aromatic carbocycles. The maximum atomic E-state index is 13.4. The molecule has 0 saturated heterocycles. The van der Waals surface area contributed by atoms with E-state index >= 15 is 0 Å². The molecule has 0 fully saturated rings. The zero-order valence-corrected chi connectivity index (χ0v) is 25.1. The fourth-order valence-corrected chi connectivity index (χ4v) is 3.76. The van der Waals surface area contributed by atoms with Gasteiger partial charge in [0, 0.05) is 13.5 Å². The monoisotopic (exact) mass is 646 g/mol. The van der Waals surface area contributed by atoms with Crippen molar-refractivity contribution in [1.82, 2.24) is 26.6 Å². The number of hydrogen-bond donors (Lipinski definition) is 11. The third-order valence-electron chi connectivity index (χ3n) is 5.80. The Morgan fingerprint density at radius 3 is 1.51 bits per heavy atom. The van der Waals surface area contributed by atoms with Crippen LogP contribution in [0.5, 0.6) is 0 Å². The second-order valence-corrected chi connectivity index (χ2v) is 10.3. The minimum absolute atomic E-state index is 0.0271. The lowest BCUT2D eigenvalue weighted by Crippen LogP contribution is -2.59. The van der Waals surface area contributed by atoms with Gasteiger partial charge in [-0.25, -0.2) is 4.79 Å². The largest absolute Gasteiger partial charge is 0.481 e. The number of carboxylic acid groups (broad SMARTS) is 3. The molecule has 20 nitrogen and oxygen atoms in total. The van der Waals surface area contributed by atoms with E-state index in [2.05, 4.69) is 26.3 Å². The van der Waals surface area contributed by atoms with Gasteiger partial charge in [0.2, 0.25) is 29.5 Å². The SMILES string of the molecule is CC(=O)N[C@@H](CC(=O)O)C(=O)N[C@@H](CCCN=C(N)N)C(=O)N[C@H](CC(C)C)C(=O)N[C@@H](CC(=O)O)C(=O)N[C@@H](CO)C(=O)O. The molecule has 13 N–H and O–H groups in total. The quantitative estimate of drug-likeness (QED) is 0.0318. The van der Waals surface area contributed by atoms with Crippen LogP contribution in [0.15, 0.2) is 4.99 Å². The van der Waals surface area contributed by atoms with Gasteiger partial charge in [-0.2, -0.15) is 0 Å². The summed E-state index contributed by atoms with van der Waals surface area (Å²) in [6.07, 6.45) is -1.83. The molecule has 0 bridgehead atoms. The van der Waals surface area contributed by atoms with E-state index in [1.54, 1.807) is 13.8 Å². The average molecular weight is 647 g/mol. The maximum Gasteiger partial charge on any atom is 0.328 e. The molecule has 0 rings (SSSR count). The third-order valence-corrected chi connectivity index (χ3v) is 5.80. The van der Waals surface area contributed by atoms with Gasteiger partial charge in [-0.15, -0.1) is 0 Å². The Kier molecular flexibility index (Phi) is 17.8. The van der Waals surface area contributed by atoms with Crippen molar-refractivity contribution < 1.29 is 58.8 Å². The number of guanidine groups is 1. The van der Waals surface area contributed by atoms with Gasteiger partial charge in [0.1, 0.15) is 30.2 Å². The normalized spacial score (nSPS) is 14.0. The zero-order valence-electron chi connectivity index (χ0n) is 25.1. The van der Waals surface area contributed by atoms with Gasteiger partial charge in [0.15, 0.2) is 5.96 Å². The minimum atomic E-state index is -1.81. The van der Waals surface area contributed by atoms with Gasteiger partial charge in [-0.1, -0.05) is 13.8 Å². The lowest BCUT2D eigenvalue weighted by Gasteiger charge is -2.27. The molecule has 0 aromatic heterocycles. The fourth-order valence-electron chi connectivity index (χ4n) is 3.76. The molecule has 45 heavy (non-hydrogen) atoms. The van der Waals surface area contributed by atoms with Crippen LogP contribution in [0.25, 0.3) is 0 Å². The summed E-state index contributed by atoms with van der Waals surface area (Å²) in [5, 5.41) is 47.6. The second kappa shape index (κ2) is 20.0. The first kappa shape index (κ1) is 40.0. The smallest absolute Gasteiger partial charge is 0.328 e. The van der Waals surface area contributed by atoms with Crippen molar-refractivity contribution in [2.75, 3.05) is 13.2 Å². The lowest BCUT2D eigenvalue weighted by atomic mass is 10.0. The van der Waals surface area contributed by atoms with E-state index in [1.807, 2.05) is 5.32 Å². The van der Waals surface area contributed by atoms with Crippen LogP contribution in [0, 0.1) is 5.92 Å². The summed E-state index contributed by atoms with van der Waals surface area (Å²) >= 11 is 0. The van der Waals surface area contributed by atoms with Crippen molar-refractivity contribution in [3.8, 4) is 0 Å². The van der Waals surface area contributed by atoms with Gasteiger partial charge >= 0.3 is 17.9 Å². The molecule has 0 aliphatic rings. The molecule has 0 aliphatic carbocycles. The minimum Gasteiger partial charge on any atom is -0.481 e. The Hall–Kier alpha value is -5.01. The molecule has 0 spiro atoms. The van der Waals surface area contributed by atoms with E-state index in [-0.39, 0.29) is 37.7 Å². The molecule has 0 unspecified atom stereocenters. The summed E-state index contributed by atoms with van der Waals surface area (Å²) in [5.74, 6) is -9.99. The van der Waals surface area contributed by atoms with Gasteiger partial charge in [-0.05, 0) is 25.2 Å². The predicted octanol–water partition coefficient (Wildman–Crippen LogP) is -4.44. The van der Waals surface area contributed by atoms with Crippen LogP contribution in [0.4, 0.5) is 0 Å². The highest BCUT2D eigenvalue weighted by molar-refractivity contribution is 5.97. The first-order valence-electron chi connectivity index (χ1n) is 13.7. The van der Waals surface area contributed by atoms with E-state index < -0.39 is 97.1 Å². The van der Waals surface area contributed by atoms with Crippen LogP contribution in [-0.2, 0) is 38.4 Å². The van der Waals surface area contributed by atoms with Crippen LogP contribution in [0.3, 0.4) is 0 Å². The first-order valence-corrected chi connectivity index (χ1v) is 13.7. The zero-order chi connectivity index (χ0) is 34.9. The standard InChI is InChI=1S/C25H42N8O12/c1-11(2)7-14(21(41)32-16(9-19(38)39)23(43)33-17(10-34)24(44)45)31-20(40)13(5-4-6-28-25(26)27)30-22(42)15(8-18(36)37)29-12(3)35/h11,13-17,34H,4-10H2,1-3H3,(H,29,35)(H,30,42)(H,31,40)(H,32,41)(H,33,43)(H,36,37)(H,38,39)(H,44,45)(H4,26,27,28)/t13-,14+,15-,16-,17-/m0/s1. The van der Waals surface area contributed by atoms with Gasteiger partial charge in [-0.3, -0.25) is 38.6 Å². The number of rotatable bonds is 21. The highest BCUT2D eigenvalue weighted by Gasteiger charge is 2.33. The number of carbonyl (C=O) groups is 8. The number of aliphatic imine (C=N–C) groups is 1. The molecule has 0 saturated carbocycles. The summed E-state index contributed by atoms with van der Waals surface area (Å²) in [6, 6.07) is -7.95. The van der Waals surface area contributed by atoms with Gasteiger partial charge in [0.05, 0.1) is 19.4 Å². The first-order chi connectivity index (χ1) is 20.9. The van der Waals surface area contributed by atoms with Crippen molar-refractivity contribution >= 4 is 53.4 Å². The van der Waals surface area contributed by atoms with E-state index in [4.69, 9.17) is 21.7 Å². The maximum absolute atomic E-state index is 13.4. The Balaban J connectivity index is 6.13. The number of nitrogens with zero attached hydrogens (tertiary/aromatic N) is 1. The Bertz CT molecular complexity index is 1110. The van der Waals surface area contributed by atoms with Crippen LogP contribution >= 0.6 is 0 Å². The fraction of sp³-hybridized carbons (Fsp3) is 0.640. The highest BCUT2D eigenvalue weighted by Crippen LogP contribution is 2.09. The molecular weight excluding hydrogens is 604 g/mol. The van der Waals surface area contributed by atoms with E-state index in [0.717, 1.165) is 6.92 Å². The van der Waals surface area contributed by atoms with Crippen molar-refractivity contribution in [3.05, 3.63) is 0 Å². The van der Waals surface area contributed by atoms with Crippen LogP contribution in [0.1, 0.15) is 52.9 Å². The molecule has 5 amide bonds. The third kappa shape index (κ3) is 17.0. The van der Waals surface area contributed by atoms with Crippen LogP contribution in [0.2, 0.25) is 0 Å². The van der Waals surface area contributed by atoms with Gasteiger partial charge < -0.3 is 58.5 Å². The Morgan fingerprint density at radius 2 is 1.09 bits per heavy atom. The molecule has 0 aromatic rings. The molecule has 254 valence electrons. The second-order valence-electron chi connectivity index (χ2n) is 10.3. The number of aliphatic hydroxyl groups is 1. The number of aliphatic carboxylic acids is 3. The number of amides is 5. The summed E-state index contributed by atoms with van der Waals surface area (Å²) in [6.45, 7) is 3.43. The molecule has 0 radical (unpaired) electrons. The topological polar surface area (TPSA) is 342 Å². The molecular formula is C25H42N8O12. The number of carboxylic acids is 3. The van der Waals surface area contributed by atoms with Crippen LogP contribution < -0.4 is 38.1 Å². The van der Waals surface area contributed by atoms with E-state index in [9.17, 15) is 48.6 Å². The summed E-state index contributed by atoms with van der Waals surface area (Å²) in [4.78, 5) is 101. The lowest BCUT2D eigenvalue weighted by molar-refractivity contribution is -0.144. The van der Waals surface area contributed by atoms with Gasteiger partial charge in [0.25, 0.3) is 0 Å². The molecule has 0 heterocycles. The number of aliphatic hydroxyl groups excluding tert-OH is 1. The number of nitrogens with two attached hydrogens (primary N) is 2. The average Bonchev–Trinajstić information content (AvgIpc) is 2.90. The summed E-state index contributed by atoms with van der Waals surface area (Å²) in [5.41, 5.74) is 10.6. The summed E-state index contributed by atoms with van der Waals surface area (Å²) in [7, 11) is 0. The van der Waals surface area contributed by atoms with E-state index in [0.29, 0.717) is 0 Å². The summed E-state index contributed by atoms with van der Waals surface area (Å²) < 4.78 is 0. The van der Waals surface area contributed by atoms with Crippen molar-refractivity contribution in [2.24, 2.45) is 22.4 Å². The van der Waals surface area contributed by atoms with Crippen molar-refractivity contribution in [3.63, 3.8) is 0 Å². The van der Waals surface area contributed by atoms with Crippen LogP contribution in [-0.4, -0.2) is 117 Å². The number of hydrogen-bond acceptors (Lipinski definition) is 10. The molecule has 0 aliphatic heterocycles. The number of carbonyl (C=O) groups excluding carboxylic acids is 5. The predicted molar refractivity (Wildman–Crippen MR) is 154 cm³/mol. The Labute approximate surface area is 257 Å². The Morgan fingerprint density at radius 1 is 0.667 bits per heavy atom. The number of nitrogens with one attached hydrogen (secondary N) is 5. The molecule has 5 atom stereocenters. The highest BCUT2D eigenvalue weighted by atomic mass is 16.4. The van der Waals surface area contributed by atoms with Crippen molar-refractivity contribution in [2.45, 2.75) is 83.1 Å². The van der Waals surface area contributed by atoms with E-state index in [1.165, 1.54) is 0 Å².